The van der Waals surface area contributed by atoms with Crippen molar-refractivity contribution in [1.82, 2.24) is 5.32 Å². The number of methoxy groups -OCH3 is 1. The highest BCUT2D eigenvalue weighted by Crippen LogP contribution is 2.22. The van der Waals surface area contributed by atoms with E-state index in [0.29, 0.717) is 24.4 Å². The number of benzene rings is 2. The molecule has 1 aliphatic rings. The van der Waals surface area contributed by atoms with Crippen molar-refractivity contribution >= 4 is 23.3 Å². The van der Waals surface area contributed by atoms with Gasteiger partial charge in [0.1, 0.15) is 11.8 Å². The summed E-state index contributed by atoms with van der Waals surface area (Å²) in [5, 5.41) is 5.47. The largest absolute Gasteiger partial charge is 0.497 e. The molecule has 6 heteroatoms. The quantitative estimate of drug-likeness (QED) is 0.900. The summed E-state index contributed by atoms with van der Waals surface area (Å²) in [5.41, 5.74) is 2.64. The average molecular weight is 339 g/mol. The zero-order valence-electron chi connectivity index (χ0n) is 14.3. The Labute approximate surface area is 146 Å². The molecule has 0 aliphatic carbocycles. The highest BCUT2D eigenvalue weighted by molar-refractivity contribution is 6.02. The lowest BCUT2D eigenvalue weighted by Crippen LogP contribution is -2.43. The maximum Gasteiger partial charge on any atom is 0.319 e. The normalized spacial score (nSPS) is 16.6. The molecule has 3 amide bonds. The van der Waals surface area contributed by atoms with Gasteiger partial charge in [0, 0.05) is 17.9 Å². The molecule has 2 N–H and O–H groups in total. The second kappa shape index (κ2) is 7.25. The number of nitrogens with zero attached hydrogens (tertiary/aromatic N) is 1. The van der Waals surface area contributed by atoms with E-state index in [1.165, 1.54) is 0 Å². The maximum absolute atomic E-state index is 12.5. The van der Waals surface area contributed by atoms with E-state index in [2.05, 4.69) is 10.6 Å². The lowest BCUT2D eigenvalue weighted by molar-refractivity contribution is -0.118. The van der Waals surface area contributed by atoms with Gasteiger partial charge in [-0.3, -0.25) is 4.79 Å². The molecule has 0 spiro atoms. The zero-order valence-corrected chi connectivity index (χ0v) is 14.3. The highest BCUT2D eigenvalue weighted by Gasteiger charge is 2.33. The summed E-state index contributed by atoms with van der Waals surface area (Å²) in [6.07, 6.45) is 0.586. The molecular weight excluding hydrogens is 318 g/mol. The van der Waals surface area contributed by atoms with Gasteiger partial charge in [-0.05, 0) is 49.7 Å². The van der Waals surface area contributed by atoms with Gasteiger partial charge in [0.05, 0.1) is 7.11 Å². The van der Waals surface area contributed by atoms with Gasteiger partial charge < -0.3 is 20.3 Å². The third-order valence-corrected chi connectivity index (χ3v) is 4.20. The third-order valence-electron chi connectivity index (χ3n) is 4.20. The highest BCUT2D eigenvalue weighted by atomic mass is 16.5. The first-order chi connectivity index (χ1) is 12.1. The number of urea groups is 1. The summed E-state index contributed by atoms with van der Waals surface area (Å²) in [4.78, 5) is 26.4. The lowest BCUT2D eigenvalue weighted by Gasteiger charge is -2.17. The molecule has 25 heavy (non-hydrogen) atoms. The van der Waals surface area contributed by atoms with E-state index in [4.69, 9.17) is 4.74 Å². The molecule has 2 aromatic carbocycles. The molecule has 1 fully saturated rings. The predicted molar refractivity (Wildman–Crippen MR) is 97.1 cm³/mol. The number of rotatable bonds is 4. The molecule has 0 saturated carbocycles. The number of carbonyl (C=O) groups excluding carboxylic acids is 2. The van der Waals surface area contributed by atoms with Crippen LogP contribution in [0.2, 0.25) is 0 Å². The van der Waals surface area contributed by atoms with E-state index < -0.39 is 12.1 Å². The molecule has 2 aromatic rings. The van der Waals surface area contributed by atoms with Crippen LogP contribution < -0.4 is 20.3 Å². The predicted octanol–water partition coefficient (Wildman–Crippen LogP) is 2.93. The van der Waals surface area contributed by atoms with E-state index in [1.54, 1.807) is 36.3 Å². The minimum atomic E-state index is -0.514. The van der Waals surface area contributed by atoms with Crippen molar-refractivity contribution in [3.05, 3.63) is 54.1 Å². The van der Waals surface area contributed by atoms with Crippen LogP contribution in [0, 0.1) is 6.92 Å². The molecule has 0 bridgehead atoms. The van der Waals surface area contributed by atoms with Crippen molar-refractivity contribution in [3.63, 3.8) is 0 Å². The summed E-state index contributed by atoms with van der Waals surface area (Å²) in [7, 11) is 1.58. The van der Waals surface area contributed by atoms with Gasteiger partial charge in [-0.1, -0.05) is 17.7 Å². The fourth-order valence-electron chi connectivity index (χ4n) is 2.79. The van der Waals surface area contributed by atoms with Gasteiger partial charge in [0.2, 0.25) is 5.91 Å². The van der Waals surface area contributed by atoms with Crippen LogP contribution in [0.4, 0.5) is 16.2 Å². The third kappa shape index (κ3) is 3.91. The minimum Gasteiger partial charge on any atom is -0.497 e. The van der Waals surface area contributed by atoms with Crippen molar-refractivity contribution in [3.8, 4) is 5.75 Å². The Morgan fingerprint density at radius 1 is 1.12 bits per heavy atom. The van der Waals surface area contributed by atoms with Gasteiger partial charge in [-0.25, -0.2) is 4.79 Å². The molecule has 1 saturated heterocycles. The van der Waals surface area contributed by atoms with E-state index in [-0.39, 0.29) is 5.91 Å². The van der Waals surface area contributed by atoms with Gasteiger partial charge in [0.15, 0.2) is 0 Å². The first-order valence-electron chi connectivity index (χ1n) is 8.16. The van der Waals surface area contributed by atoms with Crippen molar-refractivity contribution in [2.45, 2.75) is 19.4 Å². The van der Waals surface area contributed by atoms with Crippen molar-refractivity contribution in [2.75, 3.05) is 23.9 Å². The maximum atomic E-state index is 12.5. The molecule has 130 valence electrons. The van der Waals surface area contributed by atoms with Crippen LogP contribution in [0.5, 0.6) is 5.75 Å². The summed E-state index contributed by atoms with van der Waals surface area (Å²) in [6.45, 7) is 2.60. The Kier molecular flexibility index (Phi) is 4.88. The van der Waals surface area contributed by atoms with E-state index in [0.717, 1.165) is 11.3 Å². The molecule has 1 atom stereocenters. The Hall–Kier alpha value is -3.02. The minimum absolute atomic E-state index is 0.0891. The zero-order chi connectivity index (χ0) is 17.8. The number of anilines is 2. The Balaban J connectivity index is 1.58. The number of amides is 3. The SMILES string of the molecule is COc1ccc(NC(=O)NC2CCN(c3ccc(C)cc3)C2=O)cc1. The number of aryl methyl sites for hydroxylation is 1. The Bertz CT molecular complexity index is 756. The van der Waals surface area contributed by atoms with Gasteiger partial charge in [-0.2, -0.15) is 0 Å². The second-order valence-electron chi connectivity index (χ2n) is 5.99. The first-order valence-corrected chi connectivity index (χ1v) is 8.16. The number of nitrogens with one attached hydrogen (secondary N) is 2. The fraction of sp³-hybridized carbons (Fsp3) is 0.263. The number of ether oxygens (including phenoxy) is 1. The van der Waals surface area contributed by atoms with E-state index in [1.807, 2.05) is 31.2 Å². The molecule has 3 rings (SSSR count). The van der Waals surface area contributed by atoms with Crippen LogP contribution >= 0.6 is 0 Å². The molecule has 1 heterocycles. The number of hydrogen-bond acceptors (Lipinski definition) is 3. The summed E-state index contributed by atoms with van der Waals surface area (Å²) >= 11 is 0. The van der Waals surface area contributed by atoms with Crippen molar-refractivity contribution in [1.29, 1.82) is 0 Å². The van der Waals surface area contributed by atoms with Crippen LogP contribution in [0.25, 0.3) is 0 Å². The van der Waals surface area contributed by atoms with Crippen molar-refractivity contribution < 1.29 is 14.3 Å². The van der Waals surface area contributed by atoms with Crippen LogP contribution in [-0.2, 0) is 4.79 Å². The van der Waals surface area contributed by atoms with Crippen LogP contribution in [0.15, 0.2) is 48.5 Å². The Morgan fingerprint density at radius 2 is 1.80 bits per heavy atom. The summed E-state index contributed by atoms with van der Waals surface area (Å²) in [6, 6.07) is 13.9. The van der Waals surface area contributed by atoms with Gasteiger partial charge >= 0.3 is 6.03 Å². The molecular formula is C19H21N3O3. The smallest absolute Gasteiger partial charge is 0.319 e. The Morgan fingerprint density at radius 3 is 2.44 bits per heavy atom. The monoisotopic (exact) mass is 339 g/mol. The summed E-state index contributed by atoms with van der Waals surface area (Å²) in [5.74, 6) is 0.624. The fourth-order valence-corrected chi connectivity index (χ4v) is 2.79. The standard InChI is InChI=1S/C19H21N3O3/c1-13-3-7-15(8-4-13)22-12-11-17(18(22)23)21-19(24)20-14-5-9-16(25-2)10-6-14/h3-10,17H,11-12H2,1-2H3,(H2,20,21,24). The number of carbonyl (C=O) groups is 2. The van der Waals surface area contributed by atoms with Crippen LogP contribution in [0.3, 0.4) is 0 Å². The molecule has 1 unspecified atom stereocenters. The number of hydrogen-bond donors (Lipinski definition) is 2. The second-order valence-corrected chi connectivity index (χ2v) is 5.99. The average Bonchev–Trinajstić information content (AvgIpc) is 2.97. The summed E-state index contributed by atoms with van der Waals surface area (Å²) < 4.78 is 5.08. The molecule has 0 radical (unpaired) electrons. The molecule has 0 aromatic heterocycles. The first kappa shape index (κ1) is 16.8. The topological polar surface area (TPSA) is 70.7 Å². The van der Waals surface area contributed by atoms with E-state index >= 15 is 0 Å². The van der Waals surface area contributed by atoms with Gasteiger partial charge in [0.25, 0.3) is 0 Å². The van der Waals surface area contributed by atoms with Crippen LogP contribution in [0.1, 0.15) is 12.0 Å². The van der Waals surface area contributed by atoms with E-state index in [9.17, 15) is 9.59 Å². The molecule has 1 aliphatic heterocycles. The molecule has 6 nitrogen and oxygen atoms in total. The lowest BCUT2D eigenvalue weighted by atomic mass is 10.2. The van der Waals surface area contributed by atoms with Crippen LogP contribution in [-0.4, -0.2) is 31.6 Å². The van der Waals surface area contributed by atoms with Crippen molar-refractivity contribution in [2.24, 2.45) is 0 Å². The van der Waals surface area contributed by atoms with Gasteiger partial charge in [-0.15, -0.1) is 0 Å².